The number of hydrogen-bond acceptors (Lipinski definition) is 4. The maximum absolute atomic E-state index is 11.1. The van der Waals surface area contributed by atoms with Crippen LogP contribution in [0, 0.1) is 0 Å². The lowest BCUT2D eigenvalue weighted by molar-refractivity contribution is -0.141. The zero-order valence-corrected chi connectivity index (χ0v) is 7.41. The standard InChI is InChI=1S/C8H14N2O3/c9-4-1-2-7(11)10-6-3-5-13-8(6)12/h6H,1-5,9H2,(H,10,11)/t6-/m0/s1. The number of rotatable bonds is 4. The van der Waals surface area contributed by atoms with Gasteiger partial charge in [-0.05, 0) is 13.0 Å². The maximum atomic E-state index is 11.1. The van der Waals surface area contributed by atoms with Crippen LogP contribution in [0.5, 0.6) is 0 Å². The second kappa shape index (κ2) is 4.81. The molecule has 3 N–H and O–H groups in total. The highest BCUT2D eigenvalue weighted by atomic mass is 16.5. The third-order valence-corrected chi connectivity index (χ3v) is 1.88. The molecule has 1 aliphatic rings. The molecule has 0 aromatic heterocycles. The minimum Gasteiger partial charge on any atom is -0.464 e. The molecule has 1 heterocycles. The van der Waals surface area contributed by atoms with Crippen molar-refractivity contribution >= 4 is 11.9 Å². The summed E-state index contributed by atoms with van der Waals surface area (Å²) < 4.78 is 4.69. The van der Waals surface area contributed by atoms with Crippen LogP contribution >= 0.6 is 0 Å². The molecule has 0 aromatic rings. The molecule has 0 saturated carbocycles. The molecule has 1 saturated heterocycles. The average molecular weight is 186 g/mol. The van der Waals surface area contributed by atoms with Crippen LogP contribution in [0.2, 0.25) is 0 Å². The largest absolute Gasteiger partial charge is 0.464 e. The molecule has 0 aliphatic carbocycles. The first-order valence-corrected chi connectivity index (χ1v) is 4.40. The number of nitrogens with two attached hydrogens (primary N) is 1. The quantitative estimate of drug-likeness (QED) is 0.561. The molecule has 1 rings (SSSR count). The molecule has 0 unspecified atom stereocenters. The van der Waals surface area contributed by atoms with Gasteiger partial charge in [-0.25, -0.2) is 4.79 Å². The molecule has 5 nitrogen and oxygen atoms in total. The molecule has 5 heteroatoms. The number of esters is 1. The lowest BCUT2D eigenvalue weighted by atomic mass is 10.2. The van der Waals surface area contributed by atoms with E-state index in [0.29, 0.717) is 32.4 Å². The van der Waals surface area contributed by atoms with E-state index >= 15 is 0 Å². The number of nitrogens with one attached hydrogen (secondary N) is 1. The second-order valence-corrected chi connectivity index (χ2v) is 2.97. The van der Waals surface area contributed by atoms with Gasteiger partial charge < -0.3 is 15.8 Å². The number of ether oxygens (including phenoxy) is 1. The van der Waals surface area contributed by atoms with Crippen molar-refractivity contribution < 1.29 is 14.3 Å². The van der Waals surface area contributed by atoms with Crippen molar-refractivity contribution in [2.75, 3.05) is 13.2 Å². The van der Waals surface area contributed by atoms with Crippen molar-refractivity contribution in [3.63, 3.8) is 0 Å². The summed E-state index contributed by atoms with van der Waals surface area (Å²) in [5.74, 6) is -0.463. The monoisotopic (exact) mass is 186 g/mol. The van der Waals surface area contributed by atoms with Crippen LogP contribution in [0.1, 0.15) is 19.3 Å². The van der Waals surface area contributed by atoms with Crippen molar-refractivity contribution in [1.29, 1.82) is 0 Å². The fraction of sp³-hybridized carbons (Fsp3) is 0.750. The predicted octanol–water partition coefficient (Wildman–Crippen LogP) is -0.843. The van der Waals surface area contributed by atoms with Crippen LogP contribution in [0.4, 0.5) is 0 Å². The lowest BCUT2D eigenvalue weighted by Gasteiger charge is -2.07. The Morgan fingerprint density at radius 1 is 1.69 bits per heavy atom. The Labute approximate surface area is 76.6 Å². The molecule has 0 spiro atoms. The predicted molar refractivity (Wildman–Crippen MR) is 45.8 cm³/mol. The summed E-state index contributed by atoms with van der Waals surface area (Å²) in [5.41, 5.74) is 5.24. The lowest BCUT2D eigenvalue weighted by Crippen LogP contribution is -2.37. The molecule has 1 fully saturated rings. The van der Waals surface area contributed by atoms with Gasteiger partial charge in [0.25, 0.3) is 0 Å². The van der Waals surface area contributed by atoms with Gasteiger partial charge in [-0.1, -0.05) is 0 Å². The van der Waals surface area contributed by atoms with E-state index in [1.165, 1.54) is 0 Å². The van der Waals surface area contributed by atoms with Crippen LogP contribution in [-0.2, 0) is 14.3 Å². The van der Waals surface area contributed by atoms with E-state index in [0.717, 1.165) is 0 Å². The third kappa shape index (κ3) is 3.02. The Balaban J connectivity index is 2.23. The highest BCUT2D eigenvalue weighted by Crippen LogP contribution is 2.05. The van der Waals surface area contributed by atoms with Crippen molar-refractivity contribution in [2.45, 2.75) is 25.3 Å². The molecule has 1 aliphatic heterocycles. The summed E-state index contributed by atoms with van der Waals surface area (Å²) in [5, 5.41) is 2.59. The minimum absolute atomic E-state index is 0.130. The van der Waals surface area contributed by atoms with Crippen molar-refractivity contribution in [2.24, 2.45) is 5.73 Å². The number of carbonyl (C=O) groups is 2. The van der Waals surface area contributed by atoms with Gasteiger partial charge >= 0.3 is 5.97 Å². The summed E-state index contributed by atoms with van der Waals surface area (Å²) in [7, 11) is 0. The molecule has 13 heavy (non-hydrogen) atoms. The molecule has 0 bridgehead atoms. The van der Waals surface area contributed by atoms with Crippen molar-refractivity contribution in [1.82, 2.24) is 5.32 Å². The Morgan fingerprint density at radius 3 is 3.00 bits per heavy atom. The Bertz CT molecular complexity index is 206. The summed E-state index contributed by atoms with van der Waals surface area (Å²) in [4.78, 5) is 22.1. The fourth-order valence-electron chi connectivity index (χ4n) is 1.16. The second-order valence-electron chi connectivity index (χ2n) is 2.97. The normalized spacial score (nSPS) is 21.3. The molecule has 0 aromatic carbocycles. The summed E-state index contributed by atoms with van der Waals surface area (Å²) in [6.45, 7) is 0.892. The van der Waals surface area contributed by atoms with E-state index in [4.69, 9.17) is 10.5 Å². The summed E-state index contributed by atoms with van der Waals surface area (Å²) in [6.07, 6.45) is 1.60. The van der Waals surface area contributed by atoms with Crippen LogP contribution in [0.3, 0.4) is 0 Å². The van der Waals surface area contributed by atoms with E-state index in [2.05, 4.69) is 5.32 Å². The van der Waals surface area contributed by atoms with Gasteiger partial charge in [0.15, 0.2) is 0 Å². The van der Waals surface area contributed by atoms with Crippen LogP contribution in [0.15, 0.2) is 0 Å². The maximum Gasteiger partial charge on any atom is 0.328 e. The first-order valence-electron chi connectivity index (χ1n) is 4.40. The highest BCUT2D eigenvalue weighted by Gasteiger charge is 2.27. The van der Waals surface area contributed by atoms with Gasteiger partial charge in [-0.15, -0.1) is 0 Å². The zero-order valence-electron chi connectivity index (χ0n) is 7.41. The van der Waals surface area contributed by atoms with Gasteiger partial charge in [0, 0.05) is 12.8 Å². The Hall–Kier alpha value is -1.10. The summed E-state index contributed by atoms with van der Waals surface area (Å²) >= 11 is 0. The van der Waals surface area contributed by atoms with Gasteiger partial charge in [0.2, 0.25) is 5.91 Å². The smallest absolute Gasteiger partial charge is 0.328 e. The van der Waals surface area contributed by atoms with E-state index < -0.39 is 6.04 Å². The third-order valence-electron chi connectivity index (χ3n) is 1.88. The van der Waals surface area contributed by atoms with Crippen molar-refractivity contribution in [3.05, 3.63) is 0 Å². The van der Waals surface area contributed by atoms with Gasteiger partial charge in [-0.2, -0.15) is 0 Å². The summed E-state index contributed by atoms with van der Waals surface area (Å²) in [6, 6.07) is -0.440. The topological polar surface area (TPSA) is 81.4 Å². The average Bonchev–Trinajstić information content (AvgIpc) is 2.48. The van der Waals surface area contributed by atoms with E-state index in [1.54, 1.807) is 0 Å². The van der Waals surface area contributed by atoms with Gasteiger partial charge in [-0.3, -0.25) is 4.79 Å². The fourth-order valence-corrected chi connectivity index (χ4v) is 1.16. The minimum atomic E-state index is -0.440. The van der Waals surface area contributed by atoms with Crippen LogP contribution in [0.25, 0.3) is 0 Å². The first kappa shape index (κ1) is 9.98. The number of hydrogen-bond donors (Lipinski definition) is 2. The number of carbonyl (C=O) groups excluding carboxylic acids is 2. The van der Waals surface area contributed by atoms with E-state index in [-0.39, 0.29) is 11.9 Å². The molecule has 74 valence electrons. The molecule has 1 amide bonds. The molecule has 0 radical (unpaired) electrons. The highest BCUT2D eigenvalue weighted by molar-refractivity contribution is 5.85. The first-order chi connectivity index (χ1) is 6.24. The van der Waals surface area contributed by atoms with Crippen molar-refractivity contribution in [3.8, 4) is 0 Å². The van der Waals surface area contributed by atoms with E-state index in [1.807, 2.05) is 0 Å². The van der Waals surface area contributed by atoms with Crippen LogP contribution < -0.4 is 11.1 Å². The molecular formula is C8H14N2O3. The molecular weight excluding hydrogens is 172 g/mol. The van der Waals surface area contributed by atoms with Gasteiger partial charge in [0.1, 0.15) is 6.04 Å². The van der Waals surface area contributed by atoms with Gasteiger partial charge in [0.05, 0.1) is 6.61 Å². The Morgan fingerprint density at radius 2 is 2.46 bits per heavy atom. The zero-order chi connectivity index (χ0) is 9.68. The van der Waals surface area contributed by atoms with E-state index in [9.17, 15) is 9.59 Å². The SMILES string of the molecule is NCCCC(=O)N[C@H]1CCOC1=O. The Kier molecular flexibility index (Phi) is 3.70. The van der Waals surface area contributed by atoms with Crippen LogP contribution in [-0.4, -0.2) is 31.1 Å². The number of amides is 1. The molecule has 1 atom stereocenters. The number of cyclic esters (lactones) is 1.